The van der Waals surface area contributed by atoms with E-state index in [2.05, 4.69) is 60.7 Å². The number of nitrogens with zero attached hydrogens (tertiary/aromatic N) is 1. The summed E-state index contributed by atoms with van der Waals surface area (Å²) in [4.78, 5) is 7.72. The molecule has 0 aliphatic rings. The van der Waals surface area contributed by atoms with Crippen molar-refractivity contribution in [3.8, 4) is 11.3 Å². The molecule has 0 atom stereocenters. The fraction of sp³-hybridized carbons (Fsp3) is 0.400. The zero-order valence-corrected chi connectivity index (χ0v) is 12.3. The van der Waals surface area contributed by atoms with Gasteiger partial charge in [0.25, 0.3) is 0 Å². The maximum Gasteiger partial charge on any atom is 0.121 e. The summed E-state index contributed by atoms with van der Waals surface area (Å²) in [6.07, 6.45) is 1.87. The minimum Gasteiger partial charge on any atom is -0.341 e. The Balaban J connectivity index is 2.29. The van der Waals surface area contributed by atoms with Gasteiger partial charge in [-0.1, -0.05) is 38.1 Å². The molecule has 0 amide bonds. The number of thiol groups is 1. The molecule has 1 aromatic heterocycles. The number of hydrogen-bond acceptors (Lipinski definition) is 2. The Hall–Kier alpha value is -1.22. The highest BCUT2D eigenvalue weighted by Crippen LogP contribution is 2.27. The van der Waals surface area contributed by atoms with E-state index in [1.54, 1.807) is 0 Å². The van der Waals surface area contributed by atoms with Gasteiger partial charge in [0.2, 0.25) is 0 Å². The Morgan fingerprint density at radius 3 is 2.22 bits per heavy atom. The van der Waals surface area contributed by atoms with E-state index < -0.39 is 0 Å². The van der Waals surface area contributed by atoms with Crippen LogP contribution in [0.5, 0.6) is 0 Å². The molecule has 3 heteroatoms. The van der Waals surface area contributed by atoms with Crippen LogP contribution in [0.4, 0.5) is 0 Å². The topological polar surface area (TPSA) is 28.7 Å². The van der Waals surface area contributed by atoms with E-state index in [4.69, 9.17) is 0 Å². The molecule has 1 N–H and O–H groups in total. The molecule has 0 fully saturated rings. The average Bonchev–Trinajstić information content (AvgIpc) is 2.78. The highest BCUT2D eigenvalue weighted by Gasteiger charge is 2.18. The van der Waals surface area contributed by atoms with Gasteiger partial charge in [0.05, 0.1) is 16.6 Å². The van der Waals surface area contributed by atoms with Crippen molar-refractivity contribution in [3.63, 3.8) is 0 Å². The summed E-state index contributed by atoms with van der Waals surface area (Å²) >= 11 is 4.52. The predicted molar refractivity (Wildman–Crippen MR) is 80.1 cm³/mol. The third-order valence-corrected chi connectivity index (χ3v) is 3.26. The number of hydrogen-bond donors (Lipinski definition) is 2. The van der Waals surface area contributed by atoms with Gasteiger partial charge < -0.3 is 4.98 Å². The van der Waals surface area contributed by atoms with Crippen molar-refractivity contribution in [2.75, 3.05) is 0 Å². The van der Waals surface area contributed by atoms with Crippen LogP contribution in [0, 0.1) is 0 Å². The van der Waals surface area contributed by atoms with Crippen LogP contribution in [0.2, 0.25) is 0 Å². The van der Waals surface area contributed by atoms with Gasteiger partial charge in [-0.05, 0) is 30.9 Å². The first-order valence-corrected chi connectivity index (χ1v) is 6.71. The van der Waals surface area contributed by atoms with Gasteiger partial charge >= 0.3 is 0 Å². The zero-order chi connectivity index (χ0) is 13.3. The largest absolute Gasteiger partial charge is 0.341 e. The number of aromatic amines is 1. The minimum absolute atomic E-state index is 0.240. The number of rotatable bonds is 3. The van der Waals surface area contributed by atoms with Crippen molar-refractivity contribution >= 4 is 12.6 Å². The highest BCUT2D eigenvalue weighted by molar-refractivity contribution is 7.81. The fourth-order valence-corrected chi connectivity index (χ4v) is 1.94. The van der Waals surface area contributed by atoms with Crippen LogP contribution < -0.4 is 0 Å². The van der Waals surface area contributed by atoms with E-state index in [9.17, 15) is 0 Å². The maximum atomic E-state index is 4.52. The molecular weight excluding hydrogens is 240 g/mol. The van der Waals surface area contributed by atoms with Crippen LogP contribution in [-0.2, 0) is 4.75 Å². The van der Waals surface area contributed by atoms with Crippen LogP contribution in [0.25, 0.3) is 11.3 Å². The lowest BCUT2D eigenvalue weighted by Crippen LogP contribution is -2.09. The number of benzene rings is 1. The first-order chi connectivity index (χ1) is 8.38. The molecule has 0 saturated carbocycles. The summed E-state index contributed by atoms with van der Waals surface area (Å²) < 4.78 is -0.240. The standard InChI is InChI=1S/C15H20N2S/c1-10(2)11-5-7-12(8-6-11)13-9-16-14(17-13)15(3,4)18/h5-10,18H,1-4H3,(H,16,17). The smallest absolute Gasteiger partial charge is 0.121 e. The maximum absolute atomic E-state index is 4.52. The summed E-state index contributed by atoms with van der Waals surface area (Å²) in [7, 11) is 0. The minimum atomic E-state index is -0.240. The lowest BCUT2D eigenvalue weighted by molar-refractivity contribution is 0.730. The normalized spacial score (nSPS) is 12.1. The third-order valence-electron chi connectivity index (χ3n) is 3.04. The molecule has 2 rings (SSSR count). The summed E-state index contributed by atoms with van der Waals surface area (Å²) in [5.41, 5.74) is 3.56. The average molecular weight is 260 g/mol. The number of H-pyrrole nitrogens is 1. The molecule has 0 saturated heterocycles. The van der Waals surface area contributed by atoms with E-state index in [1.807, 2.05) is 20.0 Å². The van der Waals surface area contributed by atoms with Crippen LogP contribution in [-0.4, -0.2) is 9.97 Å². The number of nitrogens with one attached hydrogen (secondary N) is 1. The molecule has 0 unspecified atom stereocenters. The Morgan fingerprint density at radius 1 is 1.17 bits per heavy atom. The molecule has 1 heterocycles. The summed E-state index contributed by atoms with van der Waals surface area (Å²) in [5, 5.41) is 0. The molecule has 2 aromatic rings. The summed E-state index contributed by atoms with van der Waals surface area (Å²) in [6, 6.07) is 8.62. The summed E-state index contributed by atoms with van der Waals surface area (Å²) in [6.45, 7) is 8.46. The van der Waals surface area contributed by atoms with E-state index in [1.165, 1.54) is 5.56 Å². The second-order valence-corrected chi connectivity index (χ2v) is 6.60. The Bertz CT molecular complexity index is 518. The Labute approximate surface area is 114 Å². The lowest BCUT2D eigenvalue weighted by Gasteiger charge is -2.13. The molecule has 0 aliphatic carbocycles. The molecule has 0 radical (unpaired) electrons. The van der Waals surface area contributed by atoms with Crippen LogP contribution >= 0.6 is 12.6 Å². The van der Waals surface area contributed by atoms with Crippen molar-refractivity contribution in [3.05, 3.63) is 41.9 Å². The quantitative estimate of drug-likeness (QED) is 0.788. The number of aromatic nitrogens is 2. The SMILES string of the molecule is CC(C)c1ccc(-c2cnc(C(C)(C)S)[nH]2)cc1. The van der Waals surface area contributed by atoms with E-state index in [-0.39, 0.29) is 4.75 Å². The molecule has 0 aliphatic heterocycles. The van der Waals surface area contributed by atoms with Gasteiger partial charge in [-0.25, -0.2) is 4.98 Å². The van der Waals surface area contributed by atoms with Gasteiger partial charge in [0.1, 0.15) is 5.82 Å². The molecule has 1 aromatic carbocycles. The lowest BCUT2D eigenvalue weighted by atomic mass is 10.0. The van der Waals surface area contributed by atoms with Gasteiger partial charge in [-0.2, -0.15) is 12.6 Å². The van der Waals surface area contributed by atoms with E-state index in [0.29, 0.717) is 5.92 Å². The van der Waals surface area contributed by atoms with E-state index in [0.717, 1.165) is 17.1 Å². The molecular formula is C15H20N2S. The molecule has 2 nitrogen and oxygen atoms in total. The Morgan fingerprint density at radius 2 is 1.78 bits per heavy atom. The fourth-order valence-electron chi connectivity index (χ4n) is 1.83. The first-order valence-electron chi connectivity index (χ1n) is 6.26. The monoisotopic (exact) mass is 260 g/mol. The van der Waals surface area contributed by atoms with Crippen molar-refractivity contribution in [2.45, 2.75) is 38.4 Å². The van der Waals surface area contributed by atoms with E-state index >= 15 is 0 Å². The van der Waals surface area contributed by atoms with Crippen LogP contribution in [0.1, 0.15) is 45.0 Å². The Kier molecular flexibility index (Phi) is 3.53. The van der Waals surface area contributed by atoms with Gasteiger partial charge in [0.15, 0.2) is 0 Å². The second-order valence-electron chi connectivity index (χ2n) is 5.48. The van der Waals surface area contributed by atoms with Crippen molar-refractivity contribution < 1.29 is 0 Å². The van der Waals surface area contributed by atoms with Crippen LogP contribution in [0.15, 0.2) is 30.5 Å². The van der Waals surface area contributed by atoms with Crippen molar-refractivity contribution in [1.82, 2.24) is 9.97 Å². The molecule has 18 heavy (non-hydrogen) atoms. The number of imidazole rings is 1. The predicted octanol–water partition coefficient (Wildman–Crippen LogP) is 4.37. The van der Waals surface area contributed by atoms with Crippen LogP contribution in [0.3, 0.4) is 0 Å². The molecule has 0 spiro atoms. The summed E-state index contributed by atoms with van der Waals surface area (Å²) in [5.74, 6) is 1.46. The molecule has 0 bridgehead atoms. The van der Waals surface area contributed by atoms with Gasteiger partial charge in [-0.15, -0.1) is 0 Å². The molecule has 96 valence electrons. The highest BCUT2D eigenvalue weighted by atomic mass is 32.1. The third kappa shape index (κ3) is 2.78. The second kappa shape index (κ2) is 4.81. The van der Waals surface area contributed by atoms with Gasteiger partial charge in [0, 0.05) is 0 Å². The van der Waals surface area contributed by atoms with Crippen molar-refractivity contribution in [2.24, 2.45) is 0 Å². The van der Waals surface area contributed by atoms with Crippen molar-refractivity contribution in [1.29, 1.82) is 0 Å². The van der Waals surface area contributed by atoms with Gasteiger partial charge in [-0.3, -0.25) is 0 Å². The zero-order valence-electron chi connectivity index (χ0n) is 11.4. The first kappa shape index (κ1) is 13.2.